The van der Waals surface area contributed by atoms with Crippen molar-refractivity contribution in [2.24, 2.45) is 5.41 Å². The van der Waals surface area contributed by atoms with Crippen LogP contribution in [-0.4, -0.2) is 37.6 Å². The predicted molar refractivity (Wildman–Crippen MR) is 58.0 cm³/mol. The van der Waals surface area contributed by atoms with Gasteiger partial charge in [0.2, 0.25) is 0 Å². The van der Waals surface area contributed by atoms with Crippen LogP contribution in [0, 0.1) is 5.41 Å². The van der Waals surface area contributed by atoms with Gasteiger partial charge in [-0.05, 0) is 25.3 Å². The van der Waals surface area contributed by atoms with Crippen molar-refractivity contribution in [3.05, 3.63) is 0 Å². The van der Waals surface area contributed by atoms with Gasteiger partial charge in [-0.1, -0.05) is 20.8 Å². The van der Waals surface area contributed by atoms with Crippen molar-refractivity contribution in [3.8, 4) is 0 Å². The maximum atomic E-state index is 3.46. The Bertz CT molecular complexity index is 149. The fraction of sp³-hybridized carbons (Fsp3) is 1.00. The Kier molecular flexibility index (Phi) is 3.74. The number of nitrogens with one attached hydrogen (secondary N) is 1. The minimum absolute atomic E-state index is 0.484. The molecule has 0 spiro atoms. The third-order valence-electron chi connectivity index (χ3n) is 2.87. The van der Waals surface area contributed by atoms with Crippen LogP contribution in [0.4, 0.5) is 0 Å². The second-order valence-electron chi connectivity index (χ2n) is 5.44. The molecular weight excluding hydrogens is 160 g/mol. The summed E-state index contributed by atoms with van der Waals surface area (Å²) < 4.78 is 0. The third kappa shape index (κ3) is 4.10. The van der Waals surface area contributed by atoms with E-state index in [2.05, 4.69) is 38.0 Å². The van der Waals surface area contributed by atoms with Gasteiger partial charge in [0, 0.05) is 25.7 Å². The standard InChI is InChI=1S/C11H24N2/c1-11(2,3)6-5-10-9-12-7-8-13(10)4/h10,12H,5-9H2,1-4H3. The molecule has 1 aliphatic heterocycles. The normalized spacial score (nSPS) is 26.3. The fourth-order valence-corrected chi connectivity index (χ4v) is 1.78. The third-order valence-corrected chi connectivity index (χ3v) is 2.87. The van der Waals surface area contributed by atoms with Crippen molar-refractivity contribution in [1.82, 2.24) is 10.2 Å². The molecule has 2 heteroatoms. The van der Waals surface area contributed by atoms with Crippen LogP contribution >= 0.6 is 0 Å². The zero-order valence-corrected chi connectivity index (χ0v) is 9.56. The Hall–Kier alpha value is -0.0800. The molecule has 1 saturated heterocycles. The molecule has 1 fully saturated rings. The molecule has 0 bridgehead atoms. The molecule has 1 unspecified atom stereocenters. The second-order valence-corrected chi connectivity index (χ2v) is 5.44. The van der Waals surface area contributed by atoms with Gasteiger partial charge in [0.05, 0.1) is 0 Å². The summed E-state index contributed by atoms with van der Waals surface area (Å²) in [5, 5.41) is 3.46. The molecule has 13 heavy (non-hydrogen) atoms. The van der Waals surface area contributed by atoms with Crippen molar-refractivity contribution >= 4 is 0 Å². The summed E-state index contributed by atoms with van der Waals surface area (Å²) in [7, 11) is 2.24. The Morgan fingerprint density at radius 1 is 1.38 bits per heavy atom. The molecule has 1 N–H and O–H groups in total. The van der Waals surface area contributed by atoms with Gasteiger partial charge in [-0.25, -0.2) is 0 Å². The summed E-state index contributed by atoms with van der Waals surface area (Å²) in [6, 6.07) is 0.757. The first kappa shape index (κ1) is 11.0. The second kappa shape index (κ2) is 4.43. The highest BCUT2D eigenvalue weighted by atomic mass is 15.2. The van der Waals surface area contributed by atoms with E-state index in [1.165, 1.54) is 25.9 Å². The summed E-state index contributed by atoms with van der Waals surface area (Å²) >= 11 is 0. The summed E-state index contributed by atoms with van der Waals surface area (Å²) in [5.74, 6) is 0. The lowest BCUT2D eigenvalue weighted by Gasteiger charge is -2.34. The van der Waals surface area contributed by atoms with Gasteiger partial charge in [-0.15, -0.1) is 0 Å². The van der Waals surface area contributed by atoms with Crippen LogP contribution < -0.4 is 5.32 Å². The Morgan fingerprint density at radius 3 is 2.62 bits per heavy atom. The molecule has 1 aliphatic rings. The van der Waals surface area contributed by atoms with Crippen LogP contribution in [-0.2, 0) is 0 Å². The van der Waals surface area contributed by atoms with Crippen molar-refractivity contribution in [3.63, 3.8) is 0 Å². The first-order valence-electron chi connectivity index (χ1n) is 5.40. The minimum atomic E-state index is 0.484. The van der Waals surface area contributed by atoms with Gasteiger partial charge in [0.25, 0.3) is 0 Å². The lowest BCUT2D eigenvalue weighted by Crippen LogP contribution is -2.49. The molecule has 0 aromatic rings. The molecule has 1 atom stereocenters. The van der Waals surface area contributed by atoms with Crippen LogP contribution in [0.5, 0.6) is 0 Å². The van der Waals surface area contributed by atoms with E-state index in [0.29, 0.717) is 5.41 Å². The maximum absolute atomic E-state index is 3.46. The number of nitrogens with zero attached hydrogens (tertiary/aromatic N) is 1. The smallest absolute Gasteiger partial charge is 0.0218 e. The zero-order chi connectivity index (χ0) is 9.90. The van der Waals surface area contributed by atoms with E-state index in [0.717, 1.165) is 12.6 Å². The van der Waals surface area contributed by atoms with Gasteiger partial charge in [0.15, 0.2) is 0 Å². The van der Waals surface area contributed by atoms with E-state index in [-0.39, 0.29) is 0 Å². The molecule has 0 aromatic heterocycles. The lowest BCUT2D eigenvalue weighted by atomic mass is 9.88. The quantitative estimate of drug-likeness (QED) is 0.703. The molecule has 0 radical (unpaired) electrons. The Labute approximate surface area is 82.7 Å². The maximum Gasteiger partial charge on any atom is 0.0218 e. The first-order valence-corrected chi connectivity index (χ1v) is 5.40. The minimum Gasteiger partial charge on any atom is -0.314 e. The molecule has 78 valence electrons. The van der Waals surface area contributed by atoms with Crippen molar-refractivity contribution in [2.75, 3.05) is 26.7 Å². The fourth-order valence-electron chi connectivity index (χ4n) is 1.78. The van der Waals surface area contributed by atoms with Crippen LogP contribution in [0.25, 0.3) is 0 Å². The van der Waals surface area contributed by atoms with Crippen LogP contribution in [0.2, 0.25) is 0 Å². The number of hydrogen-bond acceptors (Lipinski definition) is 2. The summed E-state index contributed by atoms with van der Waals surface area (Å²) in [6.45, 7) is 10.5. The molecular formula is C11H24N2. The predicted octanol–water partition coefficient (Wildman–Crippen LogP) is 1.72. The van der Waals surface area contributed by atoms with Crippen LogP contribution in [0.3, 0.4) is 0 Å². The van der Waals surface area contributed by atoms with E-state index in [9.17, 15) is 0 Å². The highest BCUT2D eigenvalue weighted by molar-refractivity contribution is 4.78. The summed E-state index contributed by atoms with van der Waals surface area (Å²) in [4.78, 5) is 2.49. The van der Waals surface area contributed by atoms with Crippen LogP contribution in [0.1, 0.15) is 33.6 Å². The number of piperazine rings is 1. The van der Waals surface area contributed by atoms with E-state index in [1.54, 1.807) is 0 Å². The van der Waals surface area contributed by atoms with Crippen molar-refractivity contribution in [1.29, 1.82) is 0 Å². The number of hydrogen-bond donors (Lipinski definition) is 1. The SMILES string of the molecule is CN1CCNCC1CCC(C)(C)C. The number of likely N-dealkylation sites (N-methyl/N-ethyl adjacent to an activating group) is 1. The first-order chi connectivity index (χ1) is 5.99. The van der Waals surface area contributed by atoms with E-state index in [1.807, 2.05) is 0 Å². The van der Waals surface area contributed by atoms with Gasteiger partial charge >= 0.3 is 0 Å². The molecule has 1 rings (SSSR count). The van der Waals surface area contributed by atoms with Crippen molar-refractivity contribution in [2.45, 2.75) is 39.7 Å². The molecule has 0 amide bonds. The molecule has 0 saturated carbocycles. The van der Waals surface area contributed by atoms with E-state index in [4.69, 9.17) is 0 Å². The van der Waals surface area contributed by atoms with E-state index >= 15 is 0 Å². The largest absolute Gasteiger partial charge is 0.314 e. The molecule has 0 aromatic carbocycles. The van der Waals surface area contributed by atoms with Crippen molar-refractivity contribution < 1.29 is 0 Å². The lowest BCUT2D eigenvalue weighted by molar-refractivity contribution is 0.172. The summed E-state index contributed by atoms with van der Waals surface area (Å²) in [5.41, 5.74) is 0.484. The molecule has 2 nitrogen and oxygen atoms in total. The topological polar surface area (TPSA) is 15.3 Å². The Balaban J connectivity index is 2.27. The summed E-state index contributed by atoms with van der Waals surface area (Å²) in [6.07, 6.45) is 2.65. The van der Waals surface area contributed by atoms with Gasteiger partial charge in [-0.2, -0.15) is 0 Å². The zero-order valence-electron chi connectivity index (χ0n) is 9.56. The highest BCUT2D eigenvalue weighted by Gasteiger charge is 2.20. The average molecular weight is 184 g/mol. The molecule has 1 heterocycles. The van der Waals surface area contributed by atoms with Gasteiger partial charge in [-0.3, -0.25) is 0 Å². The molecule has 0 aliphatic carbocycles. The van der Waals surface area contributed by atoms with E-state index < -0.39 is 0 Å². The Morgan fingerprint density at radius 2 is 2.08 bits per heavy atom. The van der Waals surface area contributed by atoms with Gasteiger partial charge in [0.1, 0.15) is 0 Å². The average Bonchev–Trinajstić information content (AvgIpc) is 2.01. The monoisotopic (exact) mass is 184 g/mol. The van der Waals surface area contributed by atoms with Crippen LogP contribution in [0.15, 0.2) is 0 Å². The number of rotatable bonds is 2. The van der Waals surface area contributed by atoms with Gasteiger partial charge < -0.3 is 10.2 Å². The highest BCUT2D eigenvalue weighted by Crippen LogP contribution is 2.23.